The Morgan fingerprint density at radius 3 is 2.48 bits per heavy atom. The summed E-state index contributed by atoms with van der Waals surface area (Å²) in [4.78, 5) is 24.6. The fraction of sp³-hybridized carbons (Fsp3) is 0.286. The molecule has 2 N–H and O–H groups in total. The third-order valence-electron chi connectivity index (χ3n) is 4.58. The number of benzene rings is 2. The number of carbonyl (C=O) groups excluding carboxylic acids is 1. The van der Waals surface area contributed by atoms with E-state index in [2.05, 4.69) is 36.1 Å². The first-order valence-corrected chi connectivity index (χ1v) is 8.79. The summed E-state index contributed by atoms with van der Waals surface area (Å²) in [6.07, 6.45) is 0. The van der Waals surface area contributed by atoms with Gasteiger partial charge in [-0.15, -0.1) is 17.3 Å². The second-order valence-electron chi connectivity index (χ2n) is 6.93. The van der Waals surface area contributed by atoms with Crippen LogP contribution in [0, 0.1) is 10.8 Å². The fourth-order valence-corrected chi connectivity index (χ4v) is 3.54. The number of fused-ring (bicyclic) bond motifs is 1. The van der Waals surface area contributed by atoms with E-state index in [-0.39, 0.29) is 12.4 Å². The average Bonchev–Trinajstić information content (AvgIpc) is 2.66. The number of hydrogen-bond donors (Lipinski definition) is 1. The van der Waals surface area contributed by atoms with Gasteiger partial charge in [-0.1, -0.05) is 50.2 Å². The molecule has 0 spiro atoms. The van der Waals surface area contributed by atoms with Crippen molar-refractivity contribution in [1.29, 1.82) is 0 Å². The maximum Gasteiger partial charge on any atom is 0.316 e. The van der Waals surface area contributed by atoms with Crippen LogP contribution in [0.25, 0.3) is 5.57 Å². The molecule has 27 heavy (non-hydrogen) atoms. The van der Waals surface area contributed by atoms with E-state index in [9.17, 15) is 9.70 Å². The predicted octanol–water partition coefficient (Wildman–Crippen LogP) is 4.20. The Morgan fingerprint density at radius 2 is 1.89 bits per heavy atom. The lowest BCUT2D eigenvalue weighted by atomic mass is 9.87. The van der Waals surface area contributed by atoms with E-state index in [1.54, 1.807) is 12.1 Å². The number of amides is 1. The number of halogens is 1. The Balaban J connectivity index is 0.00000261. The maximum absolute atomic E-state index is 11.7. The first kappa shape index (κ1) is 20.8. The molecule has 2 aromatic carbocycles. The number of nitrogens with two attached hydrogens (primary N) is 1. The van der Waals surface area contributed by atoms with Crippen molar-refractivity contribution in [3.8, 4) is 0 Å². The van der Waals surface area contributed by atoms with Gasteiger partial charge in [-0.3, -0.25) is 4.79 Å². The molecule has 1 aliphatic heterocycles. The summed E-state index contributed by atoms with van der Waals surface area (Å²) in [7, 11) is 0. The van der Waals surface area contributed by atoms with Crippen molar-refractivity contribution >= 4 is 23.9 Å². The zero-order valence-corrected chi connectivity index (χ0v) is 16.3. The zero-order chi connectivity index (χ0) is 18.7. The molecular weight excluding hydrogens is 362 g/mol. The summed E-state index contributed by atoms with van der Waals surface area (Å²) in [5.74, 6) is -0.269. The van der Waals surface area contributed by atoms with Gasteiger partial charge in [-0.05, 0) is 34.7 Å². The van der Waals surface area contributed by atoms with Crippen molar-refractivity contribution in [3.63, 3.8) is 0 Å². The summed E-state index contributed by atoms with van der Waals surface area (Å²) in [5, 5.41) is 2.55. The molecule has 0 fully saturated rings. The van der Waals surface area contributed by atoms with Crippen LogP contribution in [-0.4, -0.2) is 23.9 Å². The van der Waals surface area contributed by atoms with Crippen LogP contribution in [0.4, 0.5) is 0 Å². The van der Waals surface area contributed by atoms with Gasteiger partial charge in [-0.2, -0.15) is 0 Å². The minimum Gasteiger partial charge on any atom is -0.369 e. The third kappa shape index (κ3) is 4.26. The monoisotopic (exact) mass is 385 g/mol. The molecular formula is C21H24ClN3O2. The molecule has 1 aliphatic rings. The van der Waals surface area contributed by atoms with E-state index in [1.165, 1.54) is 0 Å². The highest BCUT2D eigenvalue weighted by atomic mass is 35.5. The van der Waals surface area contributed by atoms with E-state index in [0.29, 0.717) is 24.6 Å². The lowest BCUT2D eigenvalue weighted by Gasteiger charge is -2.36. The normalized spacial score (nSPS) is 13.3. The lowest BCUT2D eigenvalue weighted by molar-refractivity contribution is 0.100. The molecule has 0 aliphatic carbocycles. The van der Waals surface area contributed by atoms with Gasteiger partial charge < -0.3 is 10.6 Å². The van der Waals surface area contributed by atoms with Crippen molar-refractivity contribution < 1.29 is 4.79 Å². The highest BCUT2D eigenvalue weighted by Crippen LogP contribution is 2.36. The highest BCUT2D eigenvalue weighted by Gasteiger charge is 2.26. The first-order valence-electron chi connectivity index (χ1n) is 8.79. The second-order valence-corrected chi connectivity index (χ2v) is 6.93. The Labute approximate surface area is 165 Å². The molecule has 0 radical (unpaired) electrons. The van der Waals surface area contributed by atoms with Gasteiger partial charge in [0.2, 0.25) is 0 Å². The van der Waals surface area contributed by atoms with Gasteiger partial charge >= 0.3 is 5.91 Å². The molecule has 1 heterocycles. The molecule has 1 amide bonds. The molecule has 3 rings (SSSR count). The first-order chi connectivity index (χ1) is 12.5. The smallest absolute Gasteiger partial charge is 0.316 e. The second kappa shape index (κ2) is 8.93. The van der Waals surface area contributed by atoms with Gasteiger partial charge in [-0.25, -0.2) is 0 Å². The van der Waals surface area contributed by atoms with Gasteiger partial charge in [0.25, 0.3) is 0 Å². The van der Waals surface area contributed by atoms with Crippen LogP contribution in [0.5, 0.6) is 0 Å². The van der Waals surface area contributed by atoms with Gasteiger partial charge in [0.15, 0.2) is 0 Å². The summed E-state index contributed by atoms with van der Waals surface area (Å²) in [5.41, 5.74) is 11.8. The molecule has 0 saturated heterocycles. The van der Waals surface area contributed by atoms with Crippen LogP contribution >= 0.6 is 12.4 Å². The van der Waals surface area contributed by atoms with E-state index < -0.39 is 5.91 Å². The third-order valence-corrected chi connectivity index (χ3v) is 4.58. The molecule has 0 unspecified atom stereocenters. The molecule has 5 nitrogen and oxygen atoms in total. The van der Waals surface area contributed by atoms with Gasteiger partial charge in [0.1, 0.15) is 0 Å². The predicted molar refractivity (Wildman–Crippen MR) is 111 cm³/mol. The Morgan fingerprint density at radius 1 is 1.19 bits per heavy atom. The van der Waals surface area contributed by atoms with Crippen LogP contribution < -0.4 is 5.73 Å². The zero-order valence-electron chi connectivity index (χ0n) is 15.5. The summed E-state index contributed by atoms with van der Waals surface area (Å²) >= 11 is 0. The lowest BCUT2D eigenvalue weighted by Crippen LogP contribution is -2.34. The number of nitrogens with zero attached hydrogens (tertiary/aromatic N) is 2. The Hall–Kier alpha value is -2.50. The number of hydrogen-bond acceptors (Lipinski definition) is 4. The highest BCUT2D eigenvalue weighted by molar-refractivity contribution is 5.96. The van der Waals surface area contributed by atoms with E-state index >= 15 is 0 Å². The van der Waals surface area contributed by atoms with Crippen LogP contribution in [0.1, 0.15) is 40.9 Å². The van der Waals surface area contributed by atoms with Crippen molar-refractivity contribution in [3.05, 3.63) is 81.4 Å². The van der Waals surface area contributed by atoms with Gasteiger partial charge in [0, 0.05) is 41.6 Å². The number of nitroso groups, excluding NO2 is 1. The molecule has 0 atom stereocenters. The van der Waals surface area contributed by atoms with E-state index in [0.717, 1.165) is 34.5 Å². The Kier molecular flexibility index (Phi) is 6.88. The molecule has 142 valence electrons. The molecule has 0 aromatic heterocycles. The van der Waals surface area contributed by atoms with Crippen LogP contribution in [0.2, 0.25) is 0 Å². The summed E-state index contributed by atoms with van der Waals surface area (Å²) < 4.78 is 0. The van der Waals surface area contributed by atoms with Crippen LogP contribution in [0.15, 0.2) is 59.4 Å². The molecule has 6 heteroatoms. The number of carbonyl (C=O) groups is 1. The van der Waals surface area contributed by atoms with Crippen molar-refractivity contribution in [2.24, 2.45) is 16.8 Å². The quantitative estimate of drug-likeness (QED) is 0.782. The van der Waals surface area contributed by atoms with Gasteiger partial charge in [0.05, 0.1) is 0 Å². The standard InChI is InChI=1S/C21H23N3O2.ClH/c1-14(2)12-24-13-17-10-16(21(25)23-26)8-9-18(17)20(19(24)11-22)15-6-4-3-5-7-15;/h3-10,14H,11-13,22H2,1-2H3;1H. The largest absolute Gasteiger partial charge is 0.369 e. The Bertz CT molecular complexity index is 863. The van der Waals surface area contributed by atoms with Crippen molar-refractivity contribution in [2.45, 2.75) is 20.4 Å². The van der Waals surface area contributed by atoms with E-state index in [4.69, 9.17) is 5.73 Å². The van der Waals surface area contributed by atoms with Crippen molar-refractivity contribution in [1.82, 2.24) is 4.90 Å². The topological polar surface area (TPSA) is 75.8 Å². The maximum atomic E-state index is 11.7. The molecule has 0 saturated carbocycles. The van der Waals surface area contributed by atoms with Crippen LogP contribution in [0.3, 0.4) is 0 Å². The minimum atomic E-state index is -0.738. The number of rotatable bonds is 5. The van der Waals surface area contributed by atoms with E-state index in [1.807, 2.05) is 24.3 Å². The fourth-order valence-electron chi connectivity index (χ4n) is 3.54. The SMILES string of the molecule is CC(C)CN1Cc2cc(C(=O)N=O)ccc2C(c2ccccc2)=C1CN.Cl. The van der Waals surface area contributed by atoms with Crippen molar-refractivity contribution in [2.75, 3.05) is 13.1 Å². The minimum absolute atomic E-state index is 0. The average molecular weight is 386 g/mol. The van der Waals surface area contributed by atoms with Crippen LogP contribution in [-0.2, 0) is 6.54 Å². The molecule has 0 bridgehead atoms. The molecule has 2 aromatic rings. The summed E-state index contributed by atoms with van der Waals surface area (Å²) in [6, 6.07) is 15.5. The summed E-state index contributed by atoms with van der Waals surface area (Å²) in [6.45, 7) is 6.31.